The zero-order valence-electron chi connectivity index (χ0n) is 12.5. The maximum Gasteiger partial charge on any atom is 0.274 e. The number of benzene rings is 1. The highest BCUT2D eigenvalue weighted by Crippen LogP contribution is 2.25. The summed E-state index contributed by atoms with van der Waals surface area (Å²) in [5, 5.41) is 13.9. The number of nitro benzene ring substituents is 1. The molecule has 1 atom stereocenters. The van der Waals surface area contributed by atoms with Crippen LogP contribution in [0.3, 0.4) is 0 Å². The Balaban J connectivity index is 2.01. The van der Waals surface area contributed by atoms with Gasteiger partial charge < -0.3 is 10.2 Å². The maximum absolute atomic E-state index is 12.2. The Morgan fingerprint density at radius 1 is 1.48 bits per heavy atom. The zero-order chi connectivity index (χ0) is 15.4. The number of piperidine rings is 1. The lowest BCUT2D eigenvalue weighted by Gasteiger charge is -2.33. The molecule has 1 aromatic rings. The van der Waals surface area contributed by atoms with Gasteiger partial charge >= 0.3 is 0 Å². The van der Waals surface area contributed by atoms with Gasteiger partial charge in [0.1, 0.15) is 0 Å². The van der Waals surface area contributed by atoms with Crippen LogP contribution < -0.4 is 5.32 Å². The lowest BCUT2D eigenvalue weighted by Crippen LogP contribution is -2.44. The average molecular weight is 291 g/mol. The summed E-state index contributed by atoms with van der Waals surface area (Å²) >= 11 is 0. The third kappa shape index (κ3) is 3.51. The van der Waals surface area contributed by atoms with E-state index < -0.39 is 4.92 Å². The molecule has 1 aromatic carbocycles. The van der Waals surface area contributed by atoms with E-state index in [2.05, 4.69) is 12.2 Å². The van der Waals surface area contributed by atoms with E-state index in [9.17, 15) is 14.9 Å². The summed E-state index contributed by atoms with van der Waals surface area (Å²) in [6.45, 7) is 4.73. The van der Waals surface area contributed by atoms with E-state index >= 15 is 0 Å². The minimum Gasteiger partial charge on any atom is -0.376 e. The van der Waals surface area contributed by atoms with Crippen molar-refractivity contribution in [2.75, 3.05) is 18.4 Å². The van der Waals surface area contributed by atoms with Gasteiger partial charge in [-0.3, -0.25) is 14.9 Å². The normalized spacial score (nSPS) is 18.4. The zero-order valence-corrected chi connectivity index (χ0v) is 12.5. The molecule has 1 heterocycles. The van der Waals surface area contributed by atoms with Crippen LogP contribution in [0.5, 0.6) is 0 Å². The highest BCUT2D eigenvalue weighted by molar-refractivity contribution is 5.81. The smallest absolute Gasteiger partial charge is 0.274 e. The minimum atomic E-state index is -0.408. The Morgan fingerprint density at radius 3 is 2.90 bits per heavy atom. The Morgan fingerprint density at radius 2 is 2.24 bits per heavy atom. The van der Waals surface area contributed by atoms with Crippen LogP contribution in [0.15, 0.2) is 18.2 Å². The summed E-state index contributed by atoms with van der Waals surface area (Å²) in [6.07, 6.45) is 3.26. The fraction of sp³-hybridized carbons (Fsp3) is 0.533. The van der Waals surface area contributed by atoms with Crippen molar-refractivity contribution in [2.45, 2.75) is 39.2 Å². The highest BCUT2D eigenvalue weighted by Gasteiger charge is 2.23. The molecule has 1 saturated heterocycles. The number of hydrogen-bond acceptors (Lipinski definition) is 4. The molecule has 1 fully saturated rings. The molecule has 1 N–H and O–H groups in total. The third-order valence-corrected chi connectivity index (χ3v) is 4.06. The first kappa shape index (κ1) is 15.3. The maximum atomic E-state index is 12.2. The summed E-state index contributed by atoms with van der Waals surface area (Å²) in [4.78, 5) is 24.6. The molecule has 1 unspecified atom stereocenters. The standard InChI is InChI=1S/C15H21N3O3/c1-11-6-3-4-9-17(11)15(19)10-16-13-7-5-8-14(12(13)2)18(20)21/h5,7-8,11,16H,3-4,6,9-10H2,1-2H3. The summed E-state index contributed by atoms with van der Waals surface area (Å²) in [7, 11) is 0. The van der Waals surface area contributed by atoms with Crippen LogP contribution >= 0.6 is 0 Å². The largest absolute Gasteiger partial charge is 0.376 e. The van der Waals surface area contributed by atoms with Crippen molar-refractivity contribution in [2.24, 2.45) is 0 Å². The van der Waals surface area contributed by atoms with Crippen LogP contribution in [0.2, 0.25) is 0 Å². The van der Waals surface area contributed by atoms with E-state index in [-0.39, 0.29) is 24.2 Å². The van der Waals surface area contributed by atoms with Crippen LogP contribution in [0, 0.1) is 17.0 Å². The Labute approximate surface area is 124 Å². The van der Waals surface area contributed by atoms with Crippen molar-refractivity contribution in [3.05, 3.63) is 33.9 Å². The summed E-state index contributed by atoms with van der Waals surface area (Å²) < 4.78 is 0. The monoisotopic (exact) mass is 291 g/mol. The van der Waals surface area contributed by atoms with Gasteiger partial charge in [-0.2, -0.15) is 0 Å². The SMILES string of the molecule is Cc1c(NCC(=O)N2CCCCC2C)cccc1[N+](=O)[O-]. The van der Waals surface area contributed by atoms with Crippen molar-refractivity contribution in [1.82, 2.24) is 4.90 Å². The van der Waals surface area contributed by atoms with Crippen LogP contribution in [0.1, 0.15) is 31.7 Å². The third-order valence-electron chi connectivity index (χ3n) is 4.06. The van der Waals surface area contributed by atoms with Gasteiger partial charge in [0.15, 0.2) is 0 Å². The van der Waals surface area contributed by atoms with Crippen molar-refractivity contribution in [3.8, 4) is 0 Å². The molecule has 1 amide bonds. The Hall–Kier alpha value is -2.11. The lowest BCUT2D eigenvalue weighted by atomic mass is 10.0. The lowest BCUT2D eigenvalue weighted by molar-refractivity contribution is -0.385. The van der Waals surface area contributed by atoms with Gasteiger partial charge in [0.2, 0.25) is 5.91 Å². The molecule has 1 aliphatic heterocycles. The molecule has 2 rings (SSSR count). The van der Waals surface area contributed by atoms with Crippen LogP contribution in [0.25, 0.3) is 0 Å². The van der Waals surface area contributed by atoms with Gasteiger partial charge in [0, 0.05) is 29.9 Å². The van der Waals surface area contributed by atoms with E-state index in [1.807, 2.05) is 4.90 Å². The van der Waals surface area contributed by atoms with Crippen LogP contribution in [-0.2, 0) is 4.79 Å². The van der Waals surface area contributed by atoms with E-state index in [1.165, 1.54) is 12.5 Å². The highest BCUT2D eigenvalue weighted by atomic mass is 16.6. The van der Waals surface area contributed by atoms with E-state index in [0.717, 1.165) is 19.4 Å². The molecule has 0 spiro atoms. The number of nitrogens with zero attached hydrogens (tertiary/aromatic N) is 2. The van der Waals surface area contributed by atoms with Gasteiger partial charge in [-0.05, 0) is 39.2 Å². The van der Waals surface area contributed by atoms with Gasteiger partial charge in [-0.1, -0.05) is 6.07 Å². The molecular formula is C15H21N3O3. The molecule has 114 valence electrons. The van der Waals surface area contributed by atoms with Gasteiger partial charge in [0.25, 0.3) is 5.69 Å². The topological polar surface area (TPSA) is 75.5 Å². The molecule has 0 aromatic heterocycles. The van der Waals surface area contributed by atoms with Crippen molar-refractivity contribution in [1.29, 1.82) is 0 Å². The van der Waals surface area contributed by atoms with E-state index in [0.29, 0.717) is 11.3 Å². The number of amides is 1. The average Bonchev–Trinajstić information content (AvgIpc) is 2.46. The molecule has 21 heavy (non-hydrogen) atoms. The second-order valence-corrected chi connectivity index (χ2v) is 5.49. The second kappa shape index (κ2) is 6.56. The first-order valence-corrected chi connectivity index (χ1v) is 7.28. The Bertz CT molecular complexity index is 545. The molecule has 6 heteroatoms. The van der Waals surface area contributed by atoms with Gasteiger partial charge in [-0.25, -0.2) is 0 Å². The van der Waals surface area contributed by atoms with Crippen molar-refractivity contribution >= 4 is 17.3 Å². The molecule has 1 aliphatic rings. The van der Waals surface area contributed by atoms with Gasteiger partial charge in [-0.15, -0.1) is 0 Å². The van der Waals surface area contributed by atoms with E-state index in [1.54, 1.807) is 19.1 Å². The number of carbonyl (C=O) groups excluding carboxylic acids is 1. The second-order valence-electron chi connectivity index (χ2n) is 5.49. The number of carbonyl (C=O) groups is 1. The van der Waals surface area contributed by atoms with Crippen LogP contribution in [-0.4, -0.2) is 34.9 Å². The fourth-order valence-electron chi connectivity index (χ4n) is 2.75. The molecule has 0 saturated carbocycles. The first-order chi connectivity index (χ1) is 10.0. The molecule has 0 aliphatic carbocycles. The molecule has 6 nitrogen and oxygen atoms in total. The van der Waals surface area contributed by atoms with Crippen LogP contribution in [0.4, 0.5) is 11.4 Å². The van der Waals surface area contributed by atoms with Gasteiger partial charge in [0.05, 0.1) is 11.5 Å². The number of nitro groups is 1. The van der Waals surface area contributed by atoms with E-state index in [4.69, 9.17) is 0 Å². The van der Waals surface area contributed by atoms with Crippen molar-refractivity contribution < 1.29 is 9.72 Å². The summed E-state index contributed by atoms with van der Waals surface area (Å²) in [5.41, 5.74) is 1.27. The van der Waals surface area contributed by atoms with Crippen molar-refractivity contribution in [3.63, 3.8) is 0 Å². The number of anilines is 1. The predicted octanol–water partition coefficient (Wildman–Crippen LogP) is 2.72. The molecule has 0 bridgehead atoms. The predicted molar refractivity (Wildman–Crippen MR) is 81.3 cm³/mol. The molecular weight excluding hydrogens is 270 g/mol. The number of rotatable bonds is 4. The number of likely N-dealkylation sites (tertiary alicyclic amines) is 1. The Kier molecular flexibility index (Phi) is 4.77. The number of hydrogen-bond donors (Lipinski definition) is 1. The first-order valence-electron chi connectivity index (χ1n) is 7.28. The summed E-state index contributed by atoms with van der Waals surface area (Å²) in [6, 6.07) is 5.13. The molecule has 0 radical (unpaired) electrons. The summed E-state index contributed by atoms with van der Waals surface area (Å²) in [5.74, 6) is 0.0492. The fourth-order valence-corrected chi connectivity index (χ4v) is 2.75. The number of nitrogens with one attached hydrogen (secondary N) is 1. The minimum absolute atomic E-state index is 0.0492. The quantitative estimate of drug-likeness (QED) is 0.683.